The van der Waals surface area contributed by atoms with E-state index in [9.17, 15) is 0 Å². The molecule has 0 radical (unpaired) electrons. The van der Waals surface area contributed by atoms with Crippen LogP contribution in [0.15, 0.2) is 43.0 Å². The lowest BCUT2D eigenvalue weighted by Crippen LogP contribution is -2.38. The molecule has 0 bridgehead atoms. The van der Waals surface area contributed by atoms with E-state index < -0.39 is 0 Å². The average Bonchev–Trinajstić information content (AvgIpc) is 2.75. The normalized spacial score (nSPS) is 12.7. The molecule has 114 valence electrons. The van der Waals surface area contributed by atoms with Crippen LogP contribution in [0.5, 0.6) is 0 Å². The fourth-order valence-corrected chi connectivity index (χ4v) is 2.40. The van der Waals surface area contributed by atoms with Gasteiger partial charge in [0, 0.05) is 5.54 Å². The Hall–Kier alpha value is -1.65. The summed E-state index contributed by atoms with van der Waals surface area (Å²) >= 11 is 0. The van der Waals surface area contributed by atoms with E-state index >= 15 is 0 Å². The van der Waals surface area contributed by atoms with Gasteiger partial charge in [-0.25, -0.2) is 9.13 Å². The third-order valence-electron chi connectivity index (χ3n) is 3.37. The molecule has 1 aromatic carbocycles. The lowest BCUT2D eigenvalue weighted by molar-refractivity contribution is -0.688. The van der Waals surface area contributed by atoms with Gasteiger partial charge in [-0.3, -0.25) is 5.73 Å². The fraction of sp³-hybridized carbons (Fsp3) is 0.471. The summed E-state index contributed by atoms with van der Waals surface area (Å²) in [4.78, 5) is 0. The number of imidazole rings is 1. The molecule has 0 atom stereocenters. The van der Waals surface area contributed by atoms with Gasteiger partial charge in [-0.1, -0.05) is 24.3 Å². The van der Waals surface area contributed by atoms with Crippen molar-refractivity contribution in [1.29, 1.82) is 0 Å². The highest BCUT2D eigenvalue weighted by Gasteiger charge is 2.19. The minimum absolute atomic E-state index is 0.182. The van der Waals surface area contributed by atoms with Crippen molar-refractivity contribution < 1.29 is 4.57 Å². The molecule has 0 spiro atoms. The summed E-state index contributed by atoms with van der Waals surface area (Å²) in [6.07, 6.45) is 6.98. The first-order valence-electron chi connectivity index (χ1n) is 7.37. The first-order chi connectivity index (χ1) is 9.63. The third kappa shape index (κ3) is 4.69. The molecule has 2 rings (SSSR count). The maximum absolute atomic E-state index is 6.10. The first-order valence-corrected chi connectivity index (χ1v) is 7.37. The Kier molecular flexibility index (Phi) is 4.21. The summed E-state index contributed by atoms with van der Waals surface area (Å²) in [5.41, 5.74) is 14.2. The number of benzene rings is 1. The van der Waals surface area contributed by atoms with Crippen molar-refractivity contribution in [3.63, 3.8) is 0 Å². The maximum Gasteiger partial charge on any atom is 0.245 e. The van der Waals surface area contributed by atoms with E-state index in [4.69, 9.17) is 11.5 Å². The highest BCUT2D eigenvalue weighted by molar-refractivity contribution is 5.24. The Balaban J connectivity index is 2.13. The van der Waals surface area contributed by atoms with Gasteiger partial charge >= 0.3 is 0 Å². The lowest BCUT2D eigenvalue weighted by Gasteiger charge is -2.18. The van der Waals surface area contributed by atoms with Crippen molar-refractivity contribution in [2.45, 2.75) is 51.9 Å². The highest BCUT2D eigenvalue weighted by Crippen LogP contribution is 2.12. The van der Waals surface area contributed by atoms with Gasteiger partial charge in [-0.2, -0.15) is 0 Å². The number of nitrogens with two attached hydrogens (primary N) is 2. The first kappa shape index (κ1) is 15.7. The van der Waals surface area contributed by atoms with Gasteiger partial charge in [0.2, 0.25) is 6.33 Å². The second-order valence-corrected chi connectivity index (χ2v) is 7.13. The smallest absolute Gasteiger partial charge is 0.245 e. The predicted octanol–water partition coefficient (Wildman–Crippen LogP) is 1.75. The van der Waals surface area contributed by atoms with E-state index in [2.05, 4.69) is 42.7 Å². The van der Waals surface area contributed by atoms with Gasteiger partial charge in [0.15, 0.2) is 5.66 Å². The SMILES string of the molecule is CC(C)(N)Cc1cccc(C[n+]2ccn(C(C)(C)N)c2)c1. The molecule has 21 heavy (non-hydrogen) atoms. The molecule has 2 aromatic rings. The summed E-state index contributed by atoms with van der Waals surface area (Å²) in [5, 5.41) is 0. The zero-order chi connectivity index (χ0) is 15.7. The van der Waals surface area contributed by atoms with Crippen LogP contribution in [0.25, 0.3) is 0 Å². The highest BCUT2D eigenvalue weighted by atomic mass is 15.2. The monoisotopic (exact) mass is 287 g/mol. The Bertz CT molecular complexity index is 600. The molecular weight excluding hydrogens is 260 g/mol. The average molecular weight is 287 g/mol. The number of aromatic nitrogens is 2. The summed E-state index contributed by atoms with van der Waals surface area (Å²) in [5.74, 6) is 0. The molecule has 0 unspecified atom stereocenters. The van der Waals surface area contributed by atoms with E-state index in [-0.39, 0.29) is 11.2 Å². The van der Waals surface area contributed by atoms with Gasteiger partial charge in [0.05, 0.1) is 0 Å². The third-order valence-corrected chi connectivity index (χ3v) is 3.37. The van der Waals surface area contributed by atoms with E-state index in [1.165, 1.54) is 11.1 Å². The molecule has 0 aliphatic rings. The van der Waals surface area contributed by atoms with Crippen LogP contribution in [-0.2, 0) is 18.6 Å². The van der Waals surface area contributed by atoms with Gasteiger partial charge in [-0.15, -0.1) is 0 Å². The molecule has 1 aromatic heterocycles. The maximum atomic E-state index is 6.10. The second-order valence-electron chi connectivity index (χ2n) is 7.13. The predicted molar refractivity (Wildman–Crippen MR) is 85.7 cm³/mol. The molecule has 0 saturated carbocycles. The quantitative estimate of drug-likeness (QED) is 0.823. The molecule has 4 N–H and O–H groups in total. The molecule has 1 heterocycles. The van der Waals surface area contributed by atoms with Gasteiger partial charge < -0.3 is 5.73 Å². The van der Waals surface area contributed by atoms with Crippen molar-refractivity contribution in [3.8, 4) is 0 Å². The van der Waals surface area contributed by atoms with Gasteiger partial charge in [0.25, 0.3) is 0 Å². The molecule has 4 nitrogen and oxygen atoms in total. The van der Waals surface area contributed by atoms with Crippen molar-refractivity contribution in [3.05, 3.63) is 54.1 Å². The molecule has 0 aliphatic heterocycles. The van der Waals surface area contributed by atoms with Crippen LogP contribution < -0.4 is 16.0 Å². The minimum atomic E-state index is -0.378. The van der Waals surface area contributed by atoms with Crippen LogP contribution in [-0.4, -0.2) is 10.1 Å². The van der Waals surface area contributed by atoms with Crippen molar-refractivity contribution in [1.82, 2.24) is 4.57 Å². The molecule has 0 saturated heterocycles. The number of rotatable bonds is 5. The van der Waals surface area contributed by atoms with Crippen LogP contribution in [0, 0.1) is 0 Å². The van der Waals surface area contributed by atoms with Crippen LogP contribution in [0.2, 0.25) is 0 Å². The zero-order valence-electron chi connectivity index (χ0n) is 13.5. The molecule has 0 amide bonds. The molecular formula is C17H27N4+. The largest absolute Gasteiger partial charge is 0.325 e. The molecule has 4 heteroatoms. The number of nitrogens with zero attached hydrogens (tertiary/aromatic N) is 2. The van der Waals surface area contributed by atoms with Crippen molar-refractivity contribution >= 4 is 0 Å². The topological polar surface area (TPSA) is 60.8 Å². The zero-order valence-corrected chi connectivity index (χ0v) is 13.5. The number of hydrogen-bond donors (Lipinski definition) is 2. The van der Waals surface area contributed by atoms with E-state index in [1.54, 1.807) is 0 Å². The standard InChI is InChI=1S/C17H27N4/c1-16(2,18)11-14-6-5-7-15(10-14)12-20-8-9-21(13-20)17(3,4)19/h5-10,13H,11-12,18-19H2,1-4H3/q+1. The Morgan fingerprint density at radius 3 is 2.33 bits per heavy atom. The second kappa shape index (κ2) is 5.62. The van der Waals surface area contributed by atoms with Crippen LogP contribution >= 0.6 is 0 Å². The van der Waals surface area contributed by atoms with E-state index in [0.717, 1.165) is 13.0 Å². The Labute approximate surface area is 127 Å². The fourth-order valence-electron chi connectivity index (χ4n) is 2.40. The van der Waals surface area contributed by atoms with Crippen molar-refractivity contribution in [2.24, 2.45) is 11.5 Å². The van der Waals surface area contributed by atoms with E-state index in [1.807, 2.05) is 37.1 Å². The number of hydrogen-bond acceptors (Lipinski definition) is 2. The minimum Gasteiger partial charge on any atom is -0.325 e. The Morgan fingerprint density at radius 2 is 1.76 bits per heavy atom. The summed E-state index contributed by atoms with van der Waals surface area (Å²) in [6, 6.07) is 8.61. The summed E-state index contributed by atoms with van der Waals surface area (Å²) in [6.45, 7) is 8.92. The molecule has 0 aliphatic carbocycles. The summed E-state index contributed by atoms with van der Waals surface area (Å²) in [7, 11) is 0. The van der Waals surface area contributed by atoms with Gasteiger partial charge in [-0.05, 0) is 45.2 Å². The Morgan fingerprint density at radius 1 is 1.10 bits per heavy atom. The van der Waals surface area contributed by atoms with Crippen molar-refractivity contribution in [2.75, 3.05) is 0 Å². The lowest BCUT2D eigenvalue weighted by atomic mass is 9.95. The van der Waals surface area contributed by atoms with E-state index in [0.29, 0.717) is 0 Å². The molecule has 0 fully saturated rings. The van der Waals surface area contributed by atoms with Crippen LogP contribution in [0.3, 0.4) is 0 Å². The van der Waals surface area contributed by atoms with Crippen LogP contribution in [0.4, 0.5) is 0 Å². The van der Waals surface area contributed by atoms with Gasteiger partial charge in [0.1, 0.15) is 18.9 Å². The van der Waals surface area contributed by atoms with Crippen LogP contribution in [0.1, 0.15) is 38.8 Å². The summed E-state index contributed by atoms with van der Waals surface area (Å²) < 4.78 is 4.15.